The van der Waals surface area contributed by atoms with Crippen LogP contribution in [-0.2, 0) is 0 Å². The van der Waals surface area contributed by atoms with Crippen molar-refractivity contribution < 1.29 is 4.42 Å². The topological polar surface area (TPSA) is 68.8 Å². The fourth-order valence-corrected chi connectivity index (χ4v) is 2.91. The monoisotopic (exact) mass is 271 g/mol. The largest absolute Gasteiger partial charge is 0.466 e. The van der Waals surface area contributed by atoms with Gasteiger partial charge in [0.1, 0.15) is 5.76 Å². The molecule has 1 N–H and O–H groups in total. The van der Waals surface area contributed by atoms with Crippen LogP contribution in [0.15, 0.2) is 52.5 Å². The number of thioether (sulfide) groups is 1. The van der Waals surface area contributed by atoms with Crippen molar-refractivity contribution in [3.8, 4) is 11.4 Å². The Hall–Kier alpha value is -2.28. The Morgan fingerprint density at radius 2 is 2.11 bits per heavy atom. The predicted octanol–water partition coefficient (Wildman–Crippen LogP) is 2.28. The molecule has 3 aromatic rings. The molecule has 3 aromatic heterocycles. The Morgan fingerprint density at radius 3 is 2.89 bits per heavy atom. The van der Waals surface area contributed by atoms with Gasteiger partial charge in [-0.2, -0.15) is 0 Å². The Morgan fingerprint density at radius 1 is 1.21 bits per heavy atom. The van der Waals surface area contributed by atoms with E-state index in [4.69, 9.17) is 4.42 Å². The number of pyridine rings is 1. The lowest BCUT2D eigenvalue weighted by Gasteiger charge is -2.08. The van der Waals surface area contributed by atoms with Gasteiger partial charge in [0.2, 0.25) is 5.16 Å². The maximum atomic E-state index is 5.41. The van der Waals surface area contributed by atoms with E-state index in [0.29, 0.717) is 0 Å². The highest BCUT2D eigenvalue weighted by molar-refractivity contribution is 7.99. The maximum Gasteiger partial charge on any atom is 0.212 e. The predicted molar refractivity (Wildman–Crippen MR) is 69.9 cm³/mol. The van der Waals surface area contributed by atoms with E-state index in [2.05, 4.69) is 20.6 Å². The summed E-state index contributed by atoms with van der Waals surface area (Å²) in [5.41, 5.74) is 4.30. The lowest BCUT2D eigenvalue weighted by atomic mass is 10.2. The average Bonchev–Trinajstić information content (AvgIpc) is 3.15. The summed E-state index contributed by atoms with van der Waals surface area (Å²) >= 11 is 1.58. The Labute approximate surface area is 112 Å². The Kier molecular flexibility index (Phi) is 2.31. The van der Waals surface area contributed by atoms with Crippen LogP contribution in [0.5, 0.6) is 0 Å². The second kappa shape index (κ2) is 4.13. The van der Waals surface area contributed by atoms with Crippen LogP contribution >= 0.6 is 11.8 Å². The second-order valence-corrected chi connectivity index (χ2v) is 5.09. The smallest absolute Gasteiger partial charge is 0.212 e. The van der Waals surface area contributed by atoms with Crippen LogP contribution in [0, 0.1) is 0 Å². The van der Waals surface area contributed by atoms with Gasteiger partial charge in [0.15, 0.2) is 11.2 Å². The summed E-state index contributed by atoms with van der Waals surface area (Å²) in [5.74, 6) is 1.65. The van der Waals surface area contributed by atoms with Crippen molar-refractivity contribution in [1.29, 1.82) is 0 Å². The third-order valence-electron chi connectivity index (χ3n) is 2.84. The first kappa shape index (κ1) is 10.6. The summed E-state index contributed by atoms with van der Waals surface area (Å²) in [6.07, 6.45) is 5.15. The van der Waals surface area contributed by atoms with Gasteiger partial charge in [-0.3, -0.25) is 4.98 Å². The minimum absolute atomic E-state index is 0.0288. The van der Waals surface area contributed by atoms with Crippen molar-refractivity contribution >= 4 is 11.8 Å². The molecule has 0 bridgehead atoms. The first-order chi connectivity index (χ1) is 9.42. The van der Waals surface area contributed by atoms with E-state index >= 15 is 0 Å². The third kappa shape index (κ3) is 1.70. The number of hydrogen-bond donors (Lipinski definition) is 1. The van der Waals surface area contributed by atoms with Crippen molar-refractivity contribution in [3.05, 3.63) is 48.7 Å². The van der Waals surface area contributed by atoms with Crippen molar-refractivity contribution in [2.45, 2.75) is 10.5 Å². The zero-order valence-corrected chi connectivity index (χ0v) is 10.5. The van der Waals surface area contributed by atoms with Gasteiger partial charge in [0.05, 0.1) is 6.26 Å². The molecule has 1 unspecified atom stereocenters. The zero-order valence-electron chi connectivity index (χ0n) is 9.72. The molecule has 0 radical (unpaired) electrons. The molecule has 7 heteroatoms. The fraction of sp³-hybridized carbons (Fsp3) is 0.0833. The lowest BCUT2D eigenvalue weighted by molar-refractivity contribution is 0.509. The minimum atomic E-state index is 0.0288. The van der Waals surface area contributed by atoms with Crippen LogP contribution in [0.1, 0.15) is 11.1 Å². The SMILES string of the molecule is c1coc(C2Nn3c(nnc3-c3ccncc3)S2)c1. The third-order valence-corrected chi connectivity index (χ3v) is 3.89. The quantitative estimate of drug-likeness (QED) is 0.771. The summed E-state index contributed by atoms with van der Waals surface area (Å²) in [6.45, 7) is 0. The van der Waals surface area contributed by atoms with Crippen LogP contribution in [-0.4, -0.2) is 19.9 Å². The summed E-state index contributed by atoms with van der Waals surface area (Å²) in [7, 11) is 0. The molecule has 19 heavy (non-hydrogen) atoms. The normalized spacial score (nSPS) is 17.2. The highest BCUT2D eigenvalue weighted by atomic mass is 32.2. The van der Waals surface area contributed by atoms with Gasteiger partial charge in [0.25, 0.3) is 0 Å². The van der Waals surface area contributed by atoms with Gasteiger partial charge in [-0.25, -0.2) is 4.68 Å². The van der Waals surface area contributed by atoms with E-state index in [1.54, 1.807) is 30.4 Å². The van der Waals surface area contributed by atoms with Gasteiger partial charge in [0, 0.05) is 18.0 Å². The number of hydrogen-bond acceptors (Lipinski definition) is 6. The van der Waals surface area contributed by atoms with Crippen molar-refractivity contribution in [3.63, 3.8) is 0 Å². The molecule has 0 aromatic carbocycles. The van der Waals surface area contributed by atoms with E-state index in [9.17, 15) is 0 Å². The van der Waals surface area contributed by atoms with Crippen LogP contribution in [0.4, 0.5) is 0 Å². The molecule has 0 aliphatic carbocycles. The number of nitrogens with zero attached hydrogens (tertiary/aromatic N) is 4. The van der Waals surface area contributed by atoms with E-state index in [1.165, 1.54) is 0 Å². The van der Waals surface area contributed by atoms with E-state index in [1.807, 2.05) is 28.9 Å². The molecule has 4 heterocycles. The van der Waals surface area contributed by atoms with Crippen molar-refractivity contribution in [2.24, 2.45) is 0 Å². The molecule has 0 spiro atoms. The van der Waals surface area contributed by atoms with E-state index in [-0.39, 0.29) is 5.37 Å². The molecule has 1 aliphatic heterocycles. The fourth-order valence-electron chi connectivity index (χ4n) is 1.96. The number of fused-ring (bicyclic) bond motifs is 1. The molecule has 1 aliphatic rings. The summed E-state index contributed by atoms with van der Waals surface area (Å²) in [5, 5.41) is 9.24. The molecular weight excluding hydrogens is 262 g/mol. The summed E-state index contributed by atoms with van der Waals surface area (Å²) in [4.78, 5) is 4.01. The molecule has 0 fully saturated rings. The molecule has 0 amide bonds. The Bertz CT molecular complexity index is 694. The average molecular weight is 271 g/mol. The molecule has 1 atom stereocenters. The van der Waals surface area contributed by atoms with Gasteiger partial charge < -0.3 is 9.84 Å². The van der Waals surface area contributed by atoms with Gasteiger partial charge >= 0.3 is 0 Å². The Balaban J connectivity index is 1.70. The van der Waals surface area contributed by atoms with Crippen LogP contribution in [0.2, 0.25) is 0 Å². The number of furan rings is 1. The lowest BCUT2D eigenvalue weighted by Crippen LogP contribution is -2.13. The maximum absolute atomic E-state index is 5.41. The number of aromatic nitrogens is 4. The first-order valence-electron chi connectivity index (χ1n) is 5.74. The van der Waals surface area contributed by atoms with Crippen LogP contribution in [0.25, 0.3) is 11.4 Å². The van der Waals surface area contributed by atoms with Gasteiger partial charge in [-0.1, -0.05) is 0 Å². The van der Waals surface area contributed by atoms with Crippen LogP contribution < -0.4 is 5.43 Å². The van der Waals surface area contributed by atoms with E-state index in [0.717, 1.165) is 22.3 Å². The van der Waals surface area contributed by atoms with Gasteiger partial charge in [-0.05, 0) is 36.0 Å². The molecule has 4 rings (SSSR count). The standard InChI is InChI=1S/C12H9N5OS/c1-2-9(18-7-1)11-16-17-10(14-15-12(17)19-11)8-3-5-13-6-4-8/h1-7,11,16H. The molecule has 0 saturated carbocycles. The molecule has 94 valence electrons. The molecule has 0 saturated heterocycles. The number of nitrogens with one attached hydrogen (secondary N) is 1. The number of rotatable bonds is 2. The zero-order chi connectivity index (χ0) is 12.7. The van der Waals surface area contributed by atoms with Crippen molar-refractivity contribution in [1.82, 2.24) is 19.9 Å². The first-order valence-corrected chi connectivity index (χ1v) is 6.62. The van der Waals surface area contributed by atoms with Crippen LogP contribution in [0.3, 0.4) is 0 Å². The molecular formula is C12H9N5OS. The molecule has 6 nitrogen and oxygen atoms in total. The minimum Gasteiger partial charge on any atom is -0.466 e. The highest BCUT2D eigenvalue weighted by Gasteiger charge is 2.29. The second-order valence-electron chi connectivity index (χ2n) is 4.02. The summed E-state index contributed by atoms with van der Waals surface area (Å²) in [6, 6.07) is 7.63. The highest BCUT2D eigenvalue weighted by Crippen LogP contribution is 2.39. The summed E-state index contributed by atoms with van der Waals surface area (Å²) < 4.78 is 7.29. The van der Waals surface area contributed by atoms with Crippen molar-refractivity contribution in [2.75, 3.05) is 5.43 Å². The van der Waals surface area contributed by atoms with E-state index < -0.39 is 0 Å². The van der Waals surface area contributed by atoms with Gasteiger partial charge in [-0.15, -0.1) is 10.2 Å².